The summed E-state index contributed by atoms with van der Waals surface area (Å²) in [5.41, 5.74) is 1.36. The Morgan fingerprint density at radius 3 is 1.50 bits per heavy atom. The summed E-state index contributed by atoms with van der Waals surface area (Å²) in [6, 6.07) is 18.4. The number of hydrogen-bond acceptors (Lipinski definition) is 2. The SMILES string of the molecule is CC(C)(C)C(Oc1ccccc1)Oc1ccc(C(C(C)(C)C)C(C)(C)I)cc1. The molecular weight excluding hydrogens is 459 g/mol. The van der Waals surface area contributed by atoms with Crippen LogP contribution in [-0.4, -0.2) is 9.71 Å². The molecule has 0 heterocycles. The quantitative estimate of drug-likeness (QED) is 0.231. The number of rotatable bonds is 6. The van der Waals surface area contributed by atoms with Crippen LogP contribution in [-0.2, 0) is 0 Å². The molecule has 0 aliphatic carbocycles. The maximum atomic E-state index is 6.26. The molecular formula is C25H35IO2. The predicted octanol–water partition coefficient (Wildman–Crippen LogP) is 7.86. The minimum Gasteiger partial charge on any atom is -0.454 e. The highest BCUT2D eigenvalue weighted by Gasteiger charge is 2.37. The molecule has 0 aliphatic rings. The first-order valence-corrected chi connectivity index (χ1v) is 11.0. The maximum absolute atomic E-state index is 6.26. The smallest absolute Gasteiger partial charge is 0.245 e. The van der Waals surface area contributed by atoms with Gasteiger partial charge in [0.05, 0.1) is 0 Å². The van der Waals surface area contributed by atoms with Gasteiger partial charge in [0.15, 0.2) is 0 Å². The molecule has 154 valence electrons. The molecule has 2 rings (SSSR count). The Hall–Kier alpha value is -1.23. The second-order valence-electron chi connectivity index (χ2n) is 10.2. The lowest BCUT2D eigenvalue weighted by atomic mass is 9.70. The molecule has 0 bridgehead atoms. The standard InChI is InChI=1S/C25H35IO2/c1-23(2,3)21(25(7,8)26)18-14-16-20(17-15-18)28-22(24(4,5)6)27-19-12-10-9-11-13-19/h9-17,21-22H,1-8H3. The number of hydrogen-bond donors (Lipinski definition) is 0. The van der Waals surface area contributed by atoms with Crippen molar-refractivity contribution in [3.63, 3.8) is 0 Å². The number of halogens is 1. The second kappa shape index (κ2) is 8.64. The fourth-order valence-corrected chi connectivity index (χ4v) is 5.08. The Morgan fingerprint density at radius 1 is 0.643 bits per heavy atom. The van der Waals surface area contributed by atoms with Crippen molar-refractivity contribution in [3.05, 3.63) is 60.2 Å². The Balaban J connectivity index is 2.23. The molecule has 0 fully saturated rings. The molecule has 28 heavy (non-hydrogen) atoms. The summed E-state index contributed by atoms with van der Waals surface area (Å²) in [6.07, 6.45) is -0.375. The van der Waals surface area contributed by atoms with Crippen LogP contribution in [0.3, 0.4) is 0 Å². The molecule has 0 spiro atoms. The topological polar surface area (TPSA) is 18.5 Å². The van der Waals surface area contributed by atoms with E-state index in [1.165, 1.54) is 5.56 Å². The highest BCUT2D eigenvalue weighted by molar-refractivity contribution is 14.1. The normalized spacial score (nSPS) is 15.0. The van der Waals surface area contributed by atoms with Crippen LogP contribution in [0, 0.1) is 10.8 Å². The van der Waals surface area contributed by atoms with Crippen molar-refractivity contribution in [2.45, 2.75) is 71.0 Å². The first-order valence-electron chi connectivity index (χ1n) is 9.96. The highest BCUT2D eigenvalue weighted by Crippen LogP contribution is 2.47. The first-order chi connectivity index (χ1) is 12.8. The van der Waals surface area contributed by atoms with Crippen molar-refractivity contribution in [2.24, 2.45) is 10.8 Å². The number of ether oxygens (including phenoxy) is 2. The highest BCUT2D eigenvalue weighted by atomic mass is 127. The fourth-order valence-electron chi connectivity index (χ4n) is 3.79. The first kappa shape index (κ1) is 23.1. The van der Waals surface area contributed by atoms with Gasteiger partial charge in [-0.05, 0) is 35.2 Å². The van der Waals surface area contributed by atoms with Gasteiger partial charge in [-0.2, -0.15) is 0 Å². The summed E-state index contributed by atoms with van der Waals surface area (Å²) < 4.78 is 12.6. The summed E-state index contributed by atoms with van der Waals surface area (Å²) in [4.78, 5) is 0. The zero-order chi connectivity index (χ0) is 21.2. The van der Waals surface area contributed by atoms with E-state index in [9.17, 15) is 0 Å². The molecule has 0 saturated carbocycles. The molecule has 0 radical (unpaired) electrons. The van der Waals surface area contributed by atoms with E-state index in [4.69, 9.17) is 9.47 Å². The zero-order valence-electron chi connectivity index (χ0n) is 18.5. The van der Waals surface area contributed by atoms with Gasteiger partial charge in [-0.25, -0.2) is 0 Å². The molecule has 0 aliphatic heterocycles. The van der Waals surface area contributed by atoms with E-state index in [1.807, 2.05) is 30.3 Å². The van der Waals surface area contributed by atoms with E-state index >= 15 is 0 Å². The number of benzene rings is 2. The Labute approximate surface area is 185 Å². The van der Waals surface area contributed by atoms with Crippen molar-refractivity contribution in [3.8, 4) is 11.5 Å². The van der Waals surface area contributed by atoms with Crippen molar-refractivity contribution >= 4 is 22.6 Å². The fraction of sp³-hybridized carbons (Fsp3) is 0.520. The van der Waals surface area contributed by atoms with Crippen LogP contribution in [0.1, 0.15) is 66.9 Å². The molecule has 2 unspecified atom stereocenters. The molecule has 0 saturated heterocycles. The van der Waals surface area contributed by atoms with E-state index in [2.05, 4.69) is 102 Å². The average Bonchev–Trinajstić information content (AvgIpc) is 2.53. The van der Waals surface area contributed by atoms with Crippen LogP contribution in [0.25, 0.3) is 0 Å². The Morgan fingerprint density at radius 2 is 1.11 bits per heavy atom. The molecule has 3 heteroatoms. The van der Waals surface area contributed by atoms with E-state index in [1.54, 1.807) is 0 Å². The monoisotopic (exact) mass is 494 g/mol. The van der Waals surface area contributed by atoms with Crippen molar-refractivity contribution in [2.75, 3.05) is 0 Å². The minimum atomic E-state index is -0.375. The summed E-state index contributed by atoms with van der Waals surface area (Å²) >= 11 is 2.57. The van der Waals surface area contributed by atoms with Crippen molar-refractivity contribution < 1.29 is 9.47 Å². The van der Waals surface area contributed by atoms with Crippen LogP contribution in [0.5, 0.6) is 11.5 Å². The molecule has 0 amide bonds. The van der Waals surface area contributed by atoms with Gasteiger partial charge in [0, 0.05) is 14.8 Å². The number of para-hydroxylation sites is 1. The summed E-state index contributed by atoms with van der Waals surface area (Å²) in [5.74, 6) is 2.09. The van der Waals surface area contributed by atoms with Crippen molar-refractivity contribution in [1.82, 2.24) is 0 Å². The van der Waals surface area contributed by atoms with Gasteiger partial charge in [0.1, 0.15) is 11.5 Å². The zero-order valence-corrected chi connectivity index (χ0v) is 20.7. The maximum Gasteiger partial charge on any atom is 0.245 e. The van der Waals surface area contributed by atoms with Crippen molar-refractivity contribution in [1.29, 1.82) is 0 Å². The van der Waals surface area contributed by atoms with E-state index in [0.29, 0.717) is 5.92 Å². The lowest BCUT2D eigenvalue weighted by molar-refractivity contribution is -0.0727. The van der Waals surface area contributed by atoms with Gasteiger partial charge in [-0.15, -0.1) is 0 Å². The Kier molecular flexibility index (Phi) is 7.12. The molecule has 0 aromatic heterocycles. The Bertz CT molecular complexity index is 717. The molecule has 2 atom stereocenters. The lowest BCUT2D eigenvalue weighted by Gasteiger charge is -2.40. The largest absolute Gasteiger partial charge is 0.454 e. The summed E-state index contributed by atoms with van der Waals surface area (Å²) in [6.45, 7) is 17.9. The molecule has 2 nitrogen and oxygen atoms in total. The summed E-state index contributed by atoms with van der Waals surface area (Å²) in [5, 5.41) is 0. The predicted molar refractivity (Wildman–Crippen MR) is 128 cm³/mol. The van der Waals surface area contributed by atoms with Gasteiger partial charge in [-0.1, -0.05) is 108 Å². The van der Waals surface area contributed by atoms with Crippen LogP contribution < -0.4 is 9.47 Å². The summed E-state index contributed by atoms with van der Waals surface area (Å²) in [7, 11) is 0. The van der Waals surface area contributed by atoms with Gasteiger partial charge >= 0.3 is 0 Å². The van der Waals surface area contributed by atoms with Crippen LogP contribution >= 0.6 is 22.6 Å². The minimum absolute atomic E-state index is 0.156. The van der Waals surface area contributed by atoms with E-state index in [0.717, 1.165) is 11.5 Å². The van der Waals surface area contributed by atoms with Crippen LogP contribution in [0.15, 0.2) is 54.6 Å². The van der Waals surface area contributed by atoms with Crippen LogP contribution in [0.4, 0.5) is 0 Å². The van der Waals surface area contributed by atoms with Gasteiger partial charge in [0.2, 0.25) is 6.29 Å². The van der Waals surface area contributed by atoms with Crippen LogP contribution in [0.2, 0.25) is 0 Å². The number of alkyl halides is 1. The van der Waals surface area contributed by atoms with Gasteiger partial charge in [0.25, 0.3) is 0 Å². The third-order valence-electron chi connectivity index (χ3n) is 4.70. The average molecular weight is 494 g/mol. The van der Waals surface area contributed by atoms with E-state index in [-0.39, 0.29) is 20.5 Å². The van der Waals surface area contributed by atoms with Gasteiger partial charge in [-0.3, -0.25) is 0 Å². The molecule has 2 aromatic rings. The second-order valence-corrected chi connectivity index (χ2v) is 13.0. The molecule has 0 N–H and O–H groups in total. The lowest BCUT2D eigenvalue weighted by Crippen LogP contribution is -2.37. The van der Waals surface area contributed by atoms with Gasteiger partial charge < -0.3 is 9.47 Å². The third kappa shape index (κ3) is 6.40. The third-order valence-corrected chi connectivity index (χ3v) is 5.33. The van der Waals surface area contributed by atoms with E-state index < -0.39 is 0 Å². The molecule has 2 aromatic carbocycles.